The number of Topliss-reactive ketones (excluding diaryl/α,β-unsaturated/α-hetero) is 1. The van der Waals surface area contributed by atoms with E-state index in [1.807, 2.05) is 0 Å². The molecular weight excluding hydrogens is 427 g/mol. The van der Waals surface area contributed by atoms with Gasteiger partial charge in [0.1, 0.15) is 11.6 Å². The van der Waals surface area contributed by atoms with Gasteiger partial charge in [-0.3, -0.25) is 14.5 Å². The van der Waals surface area contributed by atoms with E-state index >= 15 is 0 Å². The van der Waals surface area contributed by atoms with E-state index in [2.05, 4.69) is 26.1 Å². The molecule has 28 heavy (non-hydrogen) atoms. The van der Waals surface area contributed by atoms with Gasteiger partial charge in [-0.25, -0.2) is 4.39 Å². The van der Waals surface area contributed by atoms with Gasteiger partial charge in [0.15, 0.2) is 12.4 Å². The molecule has 2 aliphatic rings. The van der Waals surface area contributed by atoms with Gasteiger partial charge in [0, 0.05) is 22.5 Å². The zero-order chi connectivity index (χ0) is 19.7. The number of amides is 1. The summed E-state index contributed by atoms with van der Waals surface area (Å²) in [6, 6.07) is 9.90. The Morgan fingerprint density at radius 3 is 2.79 bits per heavy atom. The fourth-order valence-corrected chi connectivity index (χ4v) is 4.10. The van der Waals surface area contributed by atoms with Gasteiger partial charge in [-0.2, -0.15) is 0 Å². The molecule has 2 heterocycles. The first-order valence-corrected chi connectivity index (χ1v) is 10.1. The van der Waals surface area contributed by atoms with Gasteiger partial charge in [0.25, 0.3) is 5.91 Å². The molecule has 0 radical (unpaired) electrons. The number of rotatable bonds is 4. The molecule has 0 aliphatic carbocycles. The van der Waals surface area contributed by atoms with E-state index in [-0.39, 0.29) is 30.0 Å². The summed E-state index contributed by atoms with van der Waals surface area (Å²) >= 11 is 3.47. The summed E-state index contributed by atoms with van der Waals surface area (Å²) in [6.45, 7) is 2.22. The lowest BCUT2D eigenvalue weighted by Gasteiger charge is -2.31. The van der Waals surface area contributed by atoms with Crippen molar-refractivity contribution >= 4 is 33.3 Å². The zero-order valence-corrected chi connectivity index (χ0v) is 16.8. The van der Waals surface area contributed by atoms with Crippen LogP contribution in [0.4, 0.5) is 10.1 Å². The molecule has 2 aromatic rings. The Balaban J connectivity index is 1.38. The van der Waals surface area contributed by atoms with Crippen molar-refractivity contribution in [3.05, 3.63) is 57.8 Å². The van der Waals surface area contributed by atoms with Gasteiger partial charge in [0.2, 0.25) is 0 Å². The van der Waals surface area contributed by atoms with Crippen LogP contribution < -0.4 is 10.1 Å². The number of ketones is 1. The summed E-state index contributed by atoms with van der Waals surface area (Å²) in [4.78, 5) is 26.6. The molecule has 0 bridgehead atoms. The van der Waals surface area contributed by atoms with Crippen LogP contribution in [0.5, 0.6) is 5.75 Å². The maximum atomic E-state index is 13.5. The average molecular weight is 447 g/mol. The Morgan fingerprint density at radius 1 is 1.21 bits per heavy atom. The number of halogens is 2. The first-order valence-electron chi connectivity index (χ1n) is 9.27. The third kappa shape index (κ3) is 4.10. The van der Waals surface area contributed by atoms with Crippen molar-refractivity contribution in [1.82, 2.24) is 4.90 Å². The van der Waals surface area contributed by atoms with Crippen molar-refractivity contribution in [2.24, 2.45) is 5.92 Å². The quantitative estimate of drug-likeness (QED) is 0.720. The third-order valence-electron chi connectivity index (χ3n) is 5.26. The lowest BCUT2D eigenvalue weighted by Crippen LogP contribution is -2.36. The fourth-order valence-electron chi connectivity index (χ4n) is 3.73. The number of fused-ring (bicyclic) bond motifs is 1. The van der Waals surface area contributed by atoms with Crippen LogP contribution in [0.1, 0.15) is 28.8 Å². The number of carbonyl (C=O) groups is 2. The Hall–Kier alpha value is -2.25. The summed E-state index contributed by atoms with van der Waals surface area (Å²) in [5, 5.41) is 2.74. The second-order valence-corrected chi connectivity index (χ2v) is 8.05. The number of carbonyl (C=O) groups excluding carboxylic acids is 2. The van der Waals surface area contributed by atoms with Gasteiger partial charge in [0.05, 0.1) is 5.69 Å². The number of ether oxygens (including phenoxy) is 1. The van der Waals surface area contributed by atoms with E-state index in [9.17, 15) is 14.0 Å². The largest absolute Gasteiger partial charge is 0.482 e. The Labute approximate surface area is 171 Å². The van der Waals surface area contributed by atoms with Crippen molar-refractivity contribution < 1.29 is 18.7 Å². The molecule has 0 spiro atoms. The minimum Gasteiger partial charge on any atom is -0.482 e. The van der Waals surface area contributed by atoms with Crippen molar-refractivity contribution in [3.63, 3.8) is 0 Å². The fraction of sp³-hybridized carbons (Fsp3) is 0.333. The van der Waals surface area contributed by atoms with Crippen LogP contribution in [0.15, 0.2) is 40.9 Å². The van der Waals surface area contributed by atoms with Crippen LogP contribution in [0.25, 0.3) is 0 Å². The Bertz CT molecular complexity index is 926. The molecular formula is C21H20BrFN2O3. The van der Waals surface area contributed by atoms with E-state index in [1.165, 1.54) is 6.07 Å². The Morgan fingerprint density at radius 2 is 2.00 bits per heavy atom. The molecule has 7 heteroatoms. The molecule has 1 fully saturated rings. The summed E-state index contributed by atoms with van der Waals surface area (Å²) in [7, 11) is 0. The molecule has 4 rings (SSSR count). The monoisotopic (exact) mass is 446 g/mol. The summed E-state index contributed by atoms with van der Waals surface area (Å²) < 4.78 is 19.7. The second-order valence-electron chi connectivity index (χ2n) is 7.20. The highest BCUT2D eigenvalue weighted by molar-refractivity contribution is 9.10. The molecule has 1 amide bonds. The molecule has 2 aromatic carbocycles. The minimum absolute atomic E-state index is 0.000180. The predicted octanol–water partition coefficient (Wildman–Crippen LogP) is 4.01. The zero-order valence-electron chi connectivity index (χ0n) is 15.2. The van der Waals surface area contributed by atoms with Crippen LogP contribution in [0.2, 0.25) is 0 Å². The highest BCUT2D eigenvalue weighted by Gasteiger charge is 2.27. The first-order chi connectivity index (χ1) is 13.5. The molecule has 1 N–H and O–H groups in total. The van der Waals surface area contributed by atoms with Gasteiger partial charge in [-0.15, -0.1) is 0 Å². The Kier molecular flexibility index (Phi) is 5.46. The molecule has 0 saturated carbocycles. The SMILES string of the molecule is O=C1COc2ccc(C(=O)C3CCN(Cc4cc(F)ccc4Br)CC3)cc2N1. The normalized spacial score (nSPS) is 17.6. The second kappa shape index (κ2) is 8.01. The van der Waals surface area contributed by atoms with Crippen LogP contribution in [-0.4, -0.2) is 36.3 Å². The van der Waals surface area contributed by atoms with Crippen LogP contribution in [0.3, 0.4) is 0 Å². The molecule has 5 nitrogen and oxygen atoms in total. The van der Waals surface area contributed by atoms with Crippen LogP contribution in [-0.2, 0) is 11.3 Å². The van der Waals surface area contributed by atoms with Gasteiger partial charge in [-0.1, -0.05) is 15.9 Å². The molecule has 0 aromatic heterocycles. The van der Waals surface area contributed by atoms with Crippen LogP contribution in [0, 0.1) is 11.7 Å². The first kappa shape index (κ1) is 19.1. The number of benzene rings is 2. The topological polar surface area (TPSA) is 58.6 Å². The number of hydrogen-bond acceptors (Lipinski definition) is 4. The maximum absolute atomic E-state index is 13.5. The lowest BCUT2D eigenvalue weighted by atomic mass is 9.88. The van der Waals surface area contributed by atoms with Crippen molar-refractivity contribution in [3.8, 4) is 5.75 Å². The van der Waals surface area contributed by atoms with E-state index < -0.39 is 0 Å². The van der Waals surface area contributed by atoms with E-state index in [1.54, 1.807) is 30.3 Å². The summed E-state index contributed by atoms with van der Waals surface area (Å²) in [6.07, 6.45) is 1.51. The van der Waals surface area contributed by atoms with Crippen molar-refractivity contribution in [2.45, 2.75) is 19.4 Å². The number of nitrogens with zero attached hydrogens (tertiary/aromatic N) is 1. The summed E-state index contributed by atoms with van der Waals surface area (Å²) in [5.41, 5.74) is 2.06. The maximum Gasteiger partial charge on any atom is 0.262 e. The summed E-state index contributed by atoms with van der Waals surface area (Å²) in [5.74, 6) is 0.173. The van der Waals surface area contributed by atoms with E-state index in [0.717, 1.165) is 36.0 Å². The molecule has 0 atom stereocenters. The number of piperidine rings is 1. The van der Waals surface area contributed by atoms with Crippen molar-refractivity contribution in [2.75, 3.05) is 25.0 Å². The predicted molar refractivity (Wildman–Crippen MR) is 107 cm³/mol. The highest BCUT2D eigenvalue weighted by Crippen LogP contribution is 2.31. The van der Waals surface area contributed by atoms with Gasteiger partial charge in [-0.05, 0) is 67.9 Å². The minimum atomic E-state index is -0.244. The van der Waals surface area contributed by atoms with Gasteiger partial charge >= 0.3 is 0 Å². The molecule has 0 unspecified atom stereocenters. The molecule has 146 valence electrons. The van der Waals surface area contributed by atoms with E-state index in [0.29, 0.717) is 23.5 Å². The number of nitrogens with one attached hydrogen (secondary N) is 1. The number of likely N-dealkylation sites (tertiary alicyclic amines) is 1. The third-order valence-corrected chi connectivity index (χ3v) is 6.03. The van der Waals surface area contributed by atoms with Gasteiger partial charge < -0.3 is 10.1 Å². The standard InChI is InChI=1S/C21H20BrFN2O3/c22-17-3-2-16(23)9-15(17)11-25-7-5-13(6-8-25)21(27)14-1-4-19-18(10-14)24-20(26)12-28-19/h1-4,9-10,13H,5-8,11-12H2,(H,24,26). The molecule has 2 aliphatic heterocycles. The average Bonchev–Trinajstić information content (AvgIpc) is 2.70. The van der Waals surface area contributed by atoms with E-state index in [4.69, 9.17) is 4.74 Å². The lowest BCUT2D eigenvalue weighted by molar-refractivity contribution is -0.118. The number of anilines is 1. The van der Waals surface area contributed by atoms with Crippen molar-refractivity contribution in [1.29, 1.82) is 0 Å². The number of hydrogen-bond donors (Lipinski definition) is 1. The highest BCUT2D eigenvalue weighted by atomic mass is 79.9. The molecule has 1 saturated heterocycles. The smallest absolute Gasteiger partial charge is 0.262 e. The van der Waals surface area contributed by atoms with Crippen LogP contribution >= 0.6 is 15.9 Å².